The van der Waals surface area contributed by atoms with Gasteiger partial charge in [0, 0.05) is 26.2 Å². The molecule has 0 saturated carbocycles. The molecular weight excluding hydrogens is 324 g/mol. The molecule has 0 unspecified atom stereocenters. The lowest BCUT2D eigenvalue weighted by Gasteiger charge is -2.36. The molecule has 22 heavy (non-hydrogen) atoms. The molecule has 3 nitrogen and oxygen atoms in total. The highest BCUT2D eigenvalue weighted by molar-refractivity contribution is 6.32. The number of halogens is 5. The Hall–Kier alpha value is -1.05. The molecule has 1 heterocycles. The van der Waals surface area contributed by atoms with Gasteiger partial charge in [-0.2, -0.15) is 13.2 Å². The fourth-order valence-electron chi connectivity index (χ4n) is 2.57. The van der Waals surface area contributed by atoms with Crippen LogP contribution in [0, 0.1) is 5.82 Å². The number of piperazine rings is 1. The van der Waals surface area contributed by atoms with Crippen LogP contribution in [0.15, 0.2) is 12.1 Å². The number of ether oxygens (including phenoxy) is 1. The highest BCUT2D eigenvalue weighted by Crippen LogP contribution is 2.41. The van der Waals surface area contributed by atoms with Gasteiger partial charge in [-0.05, 0) is 24.6 Å². The Balaban J connectivity index is 2.39. The van der Waals surface area contributed by atoms with Crippen molar-refractivity contribution in [3.05, 3.63) is 28.5 Å². The van der Waals surface area contributed by atoms with E-state index in [4.69, 9.17) is 16.3 Å². The second kappa shape index (κ2) is 7.02. The second-order valence-corrected chi connectivity index (χ2v) is 5.38. The zero-order chi connectivity index (χ0) is 16.3. The maximum Gasteiger partial charge on any atom is 0.408 e. The number of hydrogen-bond donors (Lipinski definition) is 1. The molecule has 8 heteroatoms. The van der Waals surface area contributed by atoms with Gasteiger partial charge in [0.25, 0.3) is 0 Å². The van der Waals surface area contributed by atoms with E-state index in [0.29, 0.717) is 13.1 Å². The van der Waals surface area contributed by atoms with Crippen LogP contribution in [-0.2, 0) is 0 Å². The van der Waals surface area contributed by atoms with Gasteiger partial charge in [-0.15, -0.1) is 0 Å². The van der Waals surface area contributed by atoms with Crippen LogP contribution in [0.3, 0.4) is 0 Å². The third kappa shape index (κ3) is 3.83. The van der Waals surface area contributed by atoms with Crippen molar-refractivity contribution in [3.63, 3.8) is 0 Å². The van der Waals surface area contributed by atoms with Gasteiger partial charge in [0.05, 0.1) is 11.6 Å². The summed E-state index contributed by atoms with van der Waals surface area (Å²) in [6, 6.07) is 0.115. The van der Waals surface area contributed by atoms with Crippen molar-refractivity contribution < 1.29 is 22.3 Å². The van der Waals surface area contributed by atoms with Crippen molar-refractivity contribution in [1.29, 1.82) is 0 Å². The minimum absolute atomic E-state index is 0.152. The molecule has 0 spiro atoms. The van der Waals surface area contributed by atoms with Crippen LogP contribution in [0.2, 0.25) is 5.02 Å². The molecule has 1 atom stereocenters. The van der Waals surface area contributed by atoms with E-state index in [0.717, 1.165) is 12.1 Å². The summed E-state index contributed by atoms with van der Waals surface area (Å²) in [5, 5.41) is 2.84. The minimum Gasteiger partial charge on any atom is -0.489 e. The first-order valence-electron chi connectivity index (χ1n) is 6.97. The van der Waals surface area contributed by atoms with Crippen LogP contribution < -0.4 is 10.1 Å². The largest absolute Gasteiger partial charge is 0.489 e. The van der Waals surface area contributed by atoms with Crippen molar-refractivity contribution >= 4 is 11.6 Å². The normalized spacial score (nSPS) is 18.3. The zero-order valence-corrected chi connectivity index (χ0v) is 12.8. The third-order valence-corrected chi connectivity index (χ3v) is 3.73. The molecule has 0 radical (unpaired) electrons. The summed E-state index contributed by atoms with van der Waals surface area (Å²) in [6.07, 6.45) is -4.51. The number of nitrogens with zero attached hydrogens (tertiary/aromatic N) is 1. The first kappa shape index (κ1) is 17.3. The maximum atomic E-state index is 14.0. The standard InChI is InChI=1S/C14H17ClF4N2O/c1-2-22-12-10(15)7-9(8-11(12)16)13(14(17,18)19)21-5-3-20-4-6-21/h7-8,13,20H,2-6H2,1H3/t13-/m0/s1. The number of nitrogens with one attached hydrogen (secondary N) is 1. The lowest BCUT2D eigenvalue weighted by Crippen LogP contribution is -2.49. The summed E-state index contributed by atoms with van der Waals surface area (Å²) in [4.78, 5) is 1.28. The van der Waals surface area contributed by atoms with Crippen molar-refractivity contribution in [2.24, 2.45) is 0 Å². The van der Waals surface area contributed by atoms with Crippen LogP contribution in [0.4, 0.5) is 17.6 Å². The maximum absolute atomic E-state index is 14.0. The first-order valence-corrected chi connectivity index (χ1v) is 7.35. The lowest BCUT2D eigenvalue weighted by molar-refractivity contribution is -0.187. The van der Waals surface area contributed by atoms with Gasteiger partial charge in [0.2, 0.25) is 0 Å². The number of hydrogen-bond acceptors (Lipinski definition) is 3. The Labute approximate surface area is 131 Å². The van der Waals surface area contributed by atoms with E-state index in [1.807, 2.05) is 0 Å². The van der Waals surface area contributed by atoms with E-state index in [1.165, 1.54) is 4.90 Å². The Morgan fingerprint density at radius 1 is 1.32 bits per heavy atom. The summed E-state index contributed by atoms with van der Waals surface area (Å²) in [5.74, 6) is -1.09. The van der Waals surface area contributed by atoms with Gasteiger partial charge in [-0.3, -0.25) is 4.90 Å². The van der Waals surface area contributed by atoms with E-state index in [2.05, 4.69) is 5.32 Å². The highest BCUT2D eigenvalue weighted by atomic mass is 35.5. The average molecular weight is 341 g/mol. The van der Waals surface area contributed by atoms with Crippen LogP contribution in [0.1, 0.15) is 18.5 Å². The highest BCUT2D eigenvalue weighted by Gasteiger charge is 2.45. The summed E-state index contributed by atoms with van der Waals surface area (Å²) in [7, 11) is 0. The van der Waals surface area contributed by atoms with Gasteiger partial charge in [0.1, 0.15) is 6.04 Å². The van der Waals surface area contributed by atoms with E-state index in [1.54, 1.807) is 6.92 Å². The van der Waals surface area contributed by atoms with Crippen LogP contribution >= 0.6 is 11.6 Å². The summed E-state index contributed by atoms with van der Waals surface area (Å²) < 4.78 is 59.4. The molecule has 1 aliphatic rings. The van der Waals surface area contributed by atoms with E-state index in [-0.39, 0.29) is 36.0 Å². The molecule has 1 N–H and O–H groups in total. The molecule has 0 aliphatic carbocycles. The quantitative estimate of drug-likeness (QED) is 0.850. The molecule has 2 rings (SSSR count). The summed E-state index contributed by atoms with van der Waals surface area (Å²) >= 11 is 5.88. The van der Waals surface area contributed by atoms with E-state index >= 15 is 0 Å². The monoisotopic (exact) mass is 340 g/mol. The predicted molar refractivity (Wildman–Crippen MR) is 75.8 cm³/mol. The Morgan fingerprint density at radius 2 is 1.95 bits per heavy atom. The van der Waals surface area contributed by atoms with E-state index in [9.17, 15) is 17.6 Å². The Morgan fingerprint density at radius 3 is 2.45 bits per heavy atom. The Kier molecular flexibility index (Phi) is 5.52. The molecular formula is C14H17ClF4N2O. The van der Waals surface area contributed by atoms with Crippen molar-refractivity contribution in [3.8, 4) is 5.75 Å². The molecule has 1 aromatic rings. The summed E-state index contributed by atoms with van der Waals surface area (Å²) in [6.45, 7) is 3.20. The van der Waals surface area contributed by atoms with Crippen molar-refractivity contribution in [2.45, 2.75) is 19.1 Å². The van der Waals surface area contributed by atoms with E-state index < -0.39 is 18.0 Å². The topological polar surface area (TPSA) is 24.5 Å². The minimum atomic E-state index is -4.51. The van der Waals surface area contributed by atoms with Gasteiger partial charge in [0.15, 0.2) is 11.6 Å². The first-order chi connectivity index (χ1) is 10.3. The molecule has 0 bridgehead atoms. The van der Waals surface area contributed by atoms with Crippen LogP contribution in [-0.4, -0.2) is 43.9 Å². The van der Waals surface area contributed by atoms with Gasteiger partial charge in [-0.25, -0.2) is 4.39 Å². The molecule has 0 amide bonds. The SMILES string of the molecule is CCOc1c(F)cc([C@H](N2CCNCC2)C(F)(F)F)cc1Cl. The van der Waals surface area contributed by atoms with Crippen LogP contribution in [0.5, 0.6) is 5.75 Å². The van der Waals surface area contributed by atoms with Gasteiger partial charge in [-0.1, -0.05) is 11.6 Å². The lowest BCUT2D eigenvalue weighted by atomic mass is 10.0. The zero-order valence-electron chi connectivity index (χ0n) is 12.0. The van der Waals surface area contributed by atoms with Gasteiger partial charge >= 0.3 is 6.18 Å². The smallest absolute Gasteiger partial charge is 0.408 e. The molecule has 1 fully saturated rings. The molecule has 124 valence electrons. The molecule has 1 aliphatic heterocycles. The van der Waals surface area contributed by atoms with Crippen molar-refractivity contribution in [1.82, 2.24) is 10.2 Å². The predicted octanol–water partition coefficient (Wildman–Crippen LogP) is 3.39. The Bertz CT molecular complexity index is 495. The van der Waals surface area contributed by atoms with Crippen LogP contribution in [0.25, 0.3) is 0 Å². The van der Waals surface area contributed by atoms with Gasteiger partial charge < -0.3 is 10.1 Å². The number of rotatable bonds is 4. The molecule has 0 aromatic heterocycles. The fraction of sp³-hybridized carbons (Fsp3) is 0.571. The third-order valence-electron chi connectivity index (χ3n) is 3.45. The number of alkyl halides is 3. The van der Waals surface area contributed by atoms with Crippen molar-refractivity contribution in [2.75, 3.05) is 32.8 Å². The fourth-order valence-corrected chi connectivity index (χ4v) is 2.84. The molecule has 1 saturated heterocycles. The second-order valence-electron chi connectivity index (χ2n) is 4.98. The average Bonchev–Trinajstić information content (AvgIpc) is 2.43. The molecule has 1 aromatic carbocycles. The number of benzene rings is 1. The summed E-state index contributed by atoms with van der Waals surface area (Å²) in [5.41, 5.74) is -0.208.